The molecule has 1 aromatic rings. The van der Waals surface area contributed by atoms with E-state index in [0.29, 0.717) is 23.7 Å². The normalized spacial score (nSPS) is 22.1. The minimum Gasteiger partial charge on any atom is -0.465 e. The van der Waals surface area contributed by atoms with Crippen LogP contribution in [0.1, 0.15) is 64.7 Å². The number of rotatable bonds is 9. The number of anilines is 1. The Kier molecular flexibility index (Phi) is 9.93. The molecule has 0 unspecified atom stereocenters. The molecule has 0 radical (unpaired) electrons. The van der Waals surface area contributed by atoms with E-state index < -0.39 is 0 Å². The van der Waals surface area contributed by atoms with Crippen LogP contribution in [-0.2, 0) is 14.3 Å². The molecular weight excluding hydrogens is 434 g/mol. The SMILES string of the molecule is CCOC(=O)CSc1cnc(NC(=O)N(C2CCCCC2)C2CCC(COC)CC2)s1. The smallest absolute Gasteiger partial charge is 0.324 e. The fourth-order valence-corrected chi connectivity index (χ4v) is 6.35. The lowest BCUT2D eigenvalue weighted by Crippen LogP contribution is -2.51. The number of ether oxygens (including phenoxy) is 2. The highest BCUT2D eigenvalue weighted by Gasteiger charge is 2.34. The first kappa shape index (κ1) is 24.3. The Hall–Kier alpha value is -1.32. The highest BCUT2D eigenvalue weighted by Crippen LogP contribution is 2.34. The molecule has 1 heterocycles. The van der Waals surface area contributed by atoms with Gasteiger partial charge in [0.1, 0.15) is 0 Å². The van der Waals surface area contributed by atoms with Crippen molar-refractivity contribution in [1.29, 1.82) is 0 Å². The number of esters is 1. The Morgan fingerprint density at radius 2 is 1.87 bits per heavy atom. The molecule has 1 N–H and O–H groups in total. The summed E-state index contributed by atoms with van der Waals surface area (Å²) in [7, 11) is 1.77. The third-order valence-corrected chi connectivity index (χ3v) is 8.23. The van der Waals surface area contributed by atoms with Crippen LogP contribution in [0.4, 0.5) is 9.93 Å². The Bertz CT molecular complexity index is 701. The lowest BCUT2D eigenvalue weighted by atomic mass is 9.84. The molecule has 31 heavy (non-hydrogen) atoms. The second-order valence-corrected chi connectivity index (χ2v) is 10.6. The van der Waals surface area contributed by atoms with Crippen LogP contribution in [-0.4, -0.2) is 60.0 Å². The van der Waals surface area contributed by atoms with E-state index in [1.54, 1.807) is 20.2 Å². The van der Waals surface area contributed by atoms with E-state index >= 15 is 0 Å². The zero-order valence-electron chi connectivity index (χ0n) is 18.6. The zero-order valence-corrected chi connectivity index (χ0v) is 20.3. The molecule has 2 aliphatic carbocycles. The maximum atomic E-state index is 13.4. The molecule has 3 rings (SSSR count). The number of nitrogens with one attached hydrogen (secondary N) is 1. The predicted octanol–water partition coefficient (Wildman–Crippen LogP) is 5.17. The van der Waals surface area contributed by atoms with Crippen molar-refractivity contribution in [2.75, 3.05) is 31.4 Å². The highest BCUT2D eigenvalue weighted by atomic mass is 32.2. The lowest BCUT2D eigenvalue weighted by molar-refractivity contribution is -0.139. The monoisotopic (exact) mass is 469 g/mol. The molecule has 2 amide bonds. The summed E-state index contributed by atoms with van der Waals surface area (Å²) in [6, 6.07) is 0.572. The molecule has 9 heteroatoms. The number of nitrogens with zero attached hydrogens (tertiary/aromatic N) is 2. The van der Waals surface area contributed by atoms with E-state index in [-0.39, 0.29) is 23.8 Å². The summed E-state index contributed by atoms with van der Waals surface area (Å²) < 4.78 is 11.2. The van der Waals surface area contributed by atoms with Crippen molar-refractivity contribution in [3.05, 3.63) is 6.20 Å². The van der Waals surface area contributed by atoms with E-state index in [1.165, 1.54) is 42.4 Å². The van der Waals surface area contributed by atoms with Crippen molar-refractivity contribution in [2.45, 2.75) is 81.0 Å². The van der Waals surface area contributed by atoms with Crippen molar-refractivity contribution in [1.82, 2.24) is 9.88 Å². The fourth-order valence-electron chi connectivity index (χ4n) is 4.69. The largest absolute Gasteiger partial charge is 0.465 e. The summed E-state index contributed by atoms with van der Waals surface area (Å²) >= 11 is 2.80. The van der Waals surface area contributed by atoms with E-state index in [2.05, 4.69) is 15.2 Å². The van der Waals surface area contributed by atoms with E-state index in [9.17, 15) is 9.59 Å². The molecule has 2 aliphatic rings. The van der Waals surface area contributed by atoms with Gasteiger partial charge >= 0.3 is 12.0 Å². The quantitative estimate of drug-likeness (QED) is 0.397. The molecule has 0 spiro atoms. The highest BCUT2D eigenvalue weighted by molar-refractivity contribution is 8.01. The number of hydrogen-bond donors (Lipinski definition) is 1. The number of thiazole rings is 1. The summed E-state index contributed by atoms with van der Waals surface area (Å²) in [5.41, 5.74) is 0. The fraction of sp³-hybridized carbons (Fsp3) is 0.773. The third kappa shape index (κ3) is 7.36. The van der Waals surface area contributed by atoms with Gasteiger partial charge in [-0.3, -0.25) is 10.1 Å². The van der Waals surface area contributed by atoms with Crippen LogP contribution in [0.3, 0.4) is 0 Å². The predicted molar refractivity (Wildman–Crippen MR) is 125 cm³/mol. The summed E-state index contributed by atoms with van der Waals surface area (Å²) in [5.74, 6) is 0.622. The molecule has 0 bridgehead atoms. The summed E-state index contributed by atoms with van der Waals surface area (Å²) in [5, 5.41) is 3.63. The number of urea groups is 1. The first-order valence-electron chi connectivity index (χ1n) is 11.4. The van der Waals surface area contributed by atoms with Gasteiger partial charge < -0.3 is 14.4 Å². The Balaban J connectivity index is 1.60. The minimum absolute atomic E-state index is 0.0293. The first-order valence-corrected chi connectivity index (χ1v) is 13.2. The number of thioether (sulfide) groups is 1. The molecule has 0 saturated heterocycles. The molecule has 7 nitrogen and oxygen atoms in total. The van der Waals surface area contributed by atoms with Crippen LogP contribution in [0.2, 0.25) is 0 Å². The van der Waals surface area contributed by atoms with E-state index in [4.69, 9.17) is 9.47 Å². The summed E-state index contributed by atoms with van der Waals surface area (Å²) in [4.78, 5) is 31.4. The molecule has 0 aromatic carbocycles. The molecule has 2 fully saturated rings. The average Bonchev–Trinajstić information content (AvgIpc) is 3.22. The van der Waals surface area contributed by atoms with Crippen LogP contribution in [0.15, 0.2) is 10.4 Å². The number of carbonyl (C=O) groups is 2. The summed E-state index contributed by atoms with van der Waals surface area (Å²) in [6.45, 7) is 2.99. The Morgan fingerprint density at radius 1 is 1.16 bits per heavy atom. The number of methoxy groups -OCH3 is 1. The zero-order chi connectivity index (χ0) is 22.1. The van der Waals surface area contributed by atoms with Gasteiger partial charge in [0.25, 0.3) is 0 Å². The van der Waals surface area contributed by atoms with E-state index in [1.807, 2.05) is 0 Å². The van der Waals surface area contributed by atoms with Gasteiger partial charge in [0.15, 0.2) is 5.13 Å². The first-order chi connectivity index (χ1) is 15.1. The number of aromatic nitrogens is 1. The van der Waals surface area contributed by atoms with Gasteiger partial charge in [-0.05, 0) is 51.4 Å². The van der Waals surface area contributed by atoms with Crippen molar-refractivity contribution in [3.63, 3.8) is 0 Å². The van der Waals surface area contributed by atoms with Gasteiger partial charge in [-0.15, -0.1) is 11.8 Å². The Labute approximate surface area is 193 Å². The second kappa shape index (κ2) is 12.6. The van der Waals surface area contributed by atoms with Crippen molar-refractivity contribution in [2.24, 2.45) is 5.92 Å². The van der Waals surface area contributed by atoms with Crippen molar-refractivity contribution >= 4 is 40.2 Å². The van der Waals surface area contributed by atoms with Crippen LogP contribution in [0.5, 0.6) is 0 Å². The van der Waals surface area contributed by atoms with Gasteiger partial charge in [0, 0.05) is 25.8 Å². The average molecular weight is 470 g/mol. The molecule has 0 aliphatic heterocycles. The second-order valence-electron chi connectivity index (χ2n) is 8.34. The molecule has 174 valence electrons. The van der Waals surface area contributed by atoms with E-state index in [0.717, 1.165) is 49.3 Å². The van der Waals surface area contributed by atoms with Gasteiger partial charge in [-0.2, -0.15) is 0 Å². The number of amides is 2. The van der Waals surface area contributed by atoms with Gasteiger partial charge in [0.05, 0.1) is 22.8 Å². The lowest BCUT2D eigenvalue weighted by Gasteiger charge is -2.42. The maximum Gasteiger partial charge on any atom is 0.324 e. The summed E-state index contributed by atoms with van der Waals surface area (Å²) in [6.07, 6.45) is 11.8. The van der Waals surface area contributed by atoms with Crippen molar-refractivity contribution < 1.29 is 19.1 Å². The maximum absolute atomic E-state index is 13.4. The number of hydrogen-bond acceptors (Lipinski definition) is 7. The minimum atomic E-state index is -0.237. The Morgan fingerprint density at radius 3 is 2.55 bits per heavy atom. The van der Waals surface area contributed by atoms with Gasteiger partial charge in [-0.1, -0.05) is 30.6 Å². The van der Waals surface area contributed by atoms with Crippen molar-refractivity contribution in [3.8, 4) is 0 Å². The van der Waals surface area contributed by atoms with Gasteiger partial charge in [-0.25, -0.2) is 9.78 Å². The topological polar surface area (TPSA) is 80.8 Å². The van der Waals surface area contributed by atoms with Crippen LogP contribution >= 0.6 is 23.1 Å². The van der Waals surface area contributed by atoms with Gasteiger partial charge in [0.2, 0.25) is 0 Å². The standard InChI is InChI=1S/C22H35N3O4S2/c1-3-29-19(26)15-30-20-13-23-21(31-20)24-22(27)25(17-7-5-4-6-8-17)18-11-9-16(10-12-18)14-28-2/h13,16-18H,3-12,14-15H2,1-2H3,(H,23,24,27). The van der Waals surface area contributed by atoms with Crippen LogP contribution in [0, 0.1) is 5.92 Å². The van der Waals surface area contributed by atoms with Crippen LogP contribution in [0.25, 0.3) is 0 Å². The molecular formula is C22H35N3O4S2. The van der Waals surface area contributed by atoms with Crippen LogP contribution < -0.4 is 5.32 Å². The molecule has 0 atom stereocenters. The molecule has 2 saturated carbocycles. The number of carbonyl (C=O) groups excluding carboxylic acids is 2. The molecule has 1 aromatic heterocycles. The third-order valence-electron chi connectivity index (χ3n) is 6.15.